The van der Waals surface area contributed by atoms with Gasteiger partial charge in [0.25, 0.3) is 5.91 Å². The maximum atomic E-state index is 14.1. The highest BCUT2D eigenvalue weighted by atomic mass is 16.3. The van der Waals surface area contributed by atoms with Crippen LogP contribution in [0.2, 0.25) is 0 Å². The number of hydrogen-bond donors (Lipinski definition) is 6. The number of primary amides is 1. The standard InChI is InChI=1S/C37H44N6O6/c1-23(2)17-30(33(45)34(46)35(38)47)42-37(49)31(20-28-21-39-22-41-28)43-36(48)27(18-26-13-8-12-25-11-6-7-14-29(25)26)19-32(44)40-16-15-24-9-4-3-5-10-24/h3-14,21-23,27,30-31,33,45H,15-20H2,1-2H3,(H2,38,47)(H,39,41)(H,40,44)(H,42,49)(H,43,48)/t27?,30-,31-,33?/m0/s1. The number of H-pyrrole nitrogens is 1. The molecule has 258 valence electrons. The van der Waals surface area contributed by atoms with Gasteiger partial charge in [0.2, 0.25) is 23.5 Å². The molecule has 0 aliphatic rings. The third-order valence-corrected chi connectivity index (χ3v) is 8.28. The number of fused-ring (bicyclic) bond motifs is 1. The van der Waals surface area contributed by atoms with Gasteiger partial charge >= 0.3 is 0 Å². The molecule has 0 fully saturated rings. The van der Waals surface area contributed by atoms with Crippen LogP contribution < -0.4 is 21.7 Å². The number of aliphatic hydroxyl groups is 1. The number of aliphatic hydroxyl groups excluding tert-OH is 1. The quantitative estimate of drug-likeness (QED) is 0.0874. The van der Waals surface area contributed by atoms with Crippen molar-refractivity contribution in [1.82, 2.24) is 25.9 Å². The van der Waals surface area contributed by atoms with Crippen LogP contribution in [-0.4, -0.2) is 69.2 Å². The minimum atomic E-state index is -1.87. The van der Waals surface area contributed by atoms with Crippen molar-refractivity contribution in [2.75, 3.05) is 6.54 Å². The van der Waals surface area contributed by atoms with E-state index in [2.05, 4.69) is 25.9 Å². The minimum Gasteiger partial charge on any atom is -0.383 e. The molecule has 0 aliphatic heterocycles. The average Bonchev–Trinajstić information content (AvgIpc) is 3.60. The molecular formula is C37H44N6O6. The summed E-state index contributed by atoms with van der Waals surface area (Å²) in [6.45, 7) is 4.04. The lowest BCUT2D eigenvalue weighted by molar-refractivity contribution is -0.143. The molecule has 4 aromatic rings. The number of benzene rings is 3. The molecule has 0 saturated heterocycles. The Morgan fingerprint density at radius 2 is 1.59 bits per heavy atom. The monoisotopic (exact) mass is 668 g/mol. The van der Waals surface area contributed by atoms with Gasteiger partial charge in [0.1, 0.15) is 12.1 Å². The maximum absolute atomic E-state index is 14.1. The van der Waals surface area contributed by atoms with E-state index in [0.717, 1.165) is 21.9 Å². The number of nitrogens with zero attached hydrogens (tertiary/aromatic N) is 1. The predicted molar refractivity (Wildman–Crippen MR) is 185 cm³/mol. The summed E-state index contributed by atoms with van der Waals surface area (Å²) < 4.78 is 0. The van der Waals surface area contributed by atoms with Crippen LogP contribution in [0.3, 0.4) is 0 Å². The fourth-order valence-corrected chi connectivity index (χ4v) is 5.78. The number of amides is 4. The van der Waals surface area contributed by atoms with Gasteiger partial charge in [-0.25, -0.2) is 4.98 Å². The molecule has 1 aromatic heterocycles. The van der Waals surface area contributed by atoms with Crippen LogP contribution in [0.5, 0.6) is 0 Å². The molecule has 3 aromatic carbocycles. The van der Waals surface area contributed by atoms with Gasteiger partial charge in [-0.3, -0.25) is 24.0 Å². The summed E-state index contributed by atoms with van der Waals surface area (Å²) in [5.74, 6) is -5.01. The highest BCUT2D eigenvalue weighted by Gasteiger charge is 2.34. The molecule has 2 unspecified atom stereocenters. The first-order chi connectivity index (χ1) is 23.5. The predicted octanol–water partition coefficient (Wildman–Crippen LogP) is 2.14. The summed E-state index contributed by atoms with van der Waals surface area (Å²) in [6, 6.07) is 21.0. The zero-order valence-electron chi connectivity index (χ0n) is 27.7. The normalized spacial score (nSPS) is 13.6. The third-order valence-electron chi connectivity index (χ3n) is 8.28. The lowest BCUT2D eigenvalue weighted by atomic mass is 9.91. The van der Waals surface area contributed by atoms with E-state index in [-0.39, 0.29) is 37.5 Å². The average molecular weight is 669 g/mol. The summed E-state index contributed by atoms with van der Waals surface area (Å²) in [5, 5.41) is 21.0. The molecule has 0 aliphatic carbocycles. The molecule has 7 N–H and O–H groups in total. The van der Waals surface area contributed by atoms with Crippen molar-refractivity contribution in [2.24, 2.45) is 17.6 Å². The summed E-state index contributed by atoms with van der Waals surface area (Å²) in [7, 11) is 0. The van der Waals surface area contributed by atoms with Crippen LogP contribution in [0.1, 0.15) is 43.5 Å². The van der Waals surface area contributed by atoms with E-state index >= 15 is 0 Å². The van der Waals surface area contributed by atoms with Gasteiger partial charge in [-0.15, -0.1) is 0 Å². The van der Waals surface area contributed by atoms with Crippen LogP contribution in [0.4, 0.5) is 0 Å². The van der Waals surface area contributed by atoms with Crippen molar-refractivity contribution < 1.29 is 29.1 Å². The van der Waals surface area contributed by atoms with Crippen LogP contribution in [0.25, 0.3) is 10.8 Å². The molecule has 12 nitrogen and oxygen atoms in total. The Hall–Kier alpha value is -5.36. The molecule has 4 atom stereocenters. The van der Waals surface area contributed by atoms with Gasteiger partial charge in [0, 0.05) is 31.3 Å². The number of aromatic nitrogens is 2. The zero-order valence-corrected chi connectivity index (χ0v) is 27.7. The number of rotatable bonds is 18. The van der Waals surface area contributed by atoms with Gasteiger partial charge < -0.3 is 31.8 Å². The van der Waals surface area contributed by atoms with E-state index in [9.17, 15) is 29.1 Å². The molecule has 4 rings (SSSR count). The second-order valence-electron chi connectivity index (χ2n) is 12.6. The van der Waals surface area contributed by atoms with Crippen LogP contribution >= 0.6 is 0 Å². The number of nitrogens with two attached hydrogens (primary N) is 1. The van der Waals surface area contributed by atoms with Gasteiger partial charge in [-0.05, 0) is 47.1 Å². The molecule has 0 bridgehead atoms. The van der Waals surface area contributed by atoms with Crippen molar-refractivity contribution in [2.45, 2.75) is 64.1 Å². The summed E-state index contributed by atoms with van der Waals surface area (Å²) in [6.07, 6.45) is 1.94. The zero-order chi connectivity index (χ0) is 35.3. The van der Waals surface area contributed by atoms with E-state index in [4.69, 9.17) is 5.73 Å². The van der Waals surface area contributed by atoms with Crippen LogP contribution in [-0.2, 0) is 43.2 Å². The second kappa shape index (κ2) is 17.7. The first-order valence-corrected chi connectivity index (χ1v) is 16.4. The Labute approximate surface area is 285 Å². The number of hydrogen-bond acceptors (Lipinski definition) is 7. The summed E-state index contributed by atoms with van der Waals surface area (Å²) >= 11 is 0. The van der Waals surface area contributed by atoms with Crippen LogP contribution in [0, 0.1) is 11.8 Å². The summed E-state index contributed by atoms with van der Waals surface area (Å²) in [5.41, 5.74) is 7.60. The number of carbonyl (C=O) groups excluding carboxylic acids is 5. The number of ketones is 1. The van der Waals surface area contributed by atoms with Gasteiger partial charge in [-0.2, -0.15) is 0 Å². The van der Waals surface area contributed by atoms with Crippen molar-refractivity contribution in [1.29, 1.82) is 0 Å². The minimum absolute atomic E-state index is 0.00388. The molecule has 49 heavy (non-hydrogen) atoms. The Balaban J connectivity index is 1.57. The number of Topliss-reactive ketones (excluding diaryl/α,β-unsaturated/α-hetero) is 1. The topological polar surface area (TPSA) is 196 Å². The lowest BCUT2D eigenvalue weighted by Crippen LogP contribution is -2.56. The van der Waals surface area contributed by atoms with Gasteiger partial charge in [0.05, 0.1) is 18.3 Å². The molecule has 4 amide bonds. The second-order valence-corrected chi connectivity index (χ2v) is 12.6. The smallest absolute Gasteiger partial charge is 0.287 e. The Morgan fingerprint density at radius 1 is 0.878 bits per heavy atom. The number of nitrogens with one attached hydrogen (secondary N) is 4. The van der Waals surface area contributed by atoms with E-state index in [1.807, 2.05) is 86.6 Å². The van der Waals surface area contributed by atoms with Gasteiger partial charge in [-0.1, -0.05) is 86.6 Å². The maximum Gasteiger partial charge on any atom is 0.287 e. The molecule has 12 heteroatoms. The SMILES string of the molecule is CC(C)C[C@H](NC(=O)[C@H](Cc1cnc[nH]1)NC(=O)C(CC(=O)NCCc1ccccc1)Cc1cccc2ccccc12)C(O)C(=O)C(N)=O. The highest BCUT2D eigenvalue weighted by Crippen LogP contribution is 2.23. The first-order valence-electron chi connectivity index (χ1n) is 16.4. The van der Waals surface area contributed by atoms with Crippen molar-refractivity contribution in [3.05, 3.63) is 102 Å². The van der Waals surface area contributed by atoms with Crippen molar-refractivity contribution in [3.63, 3.8) is 0 Å². The van der Waals surface area contributed by atoms with Crippen LogP contribution in [0.15, 0.2) is 85.3 Å². The number of aromatic amines is 1. The molecule has 0 radical (unpaired) electrons. The lowest BCUT2D eigenvalue weighted by Gasteiger charge is -2.28. The van der Waals surface area contributed by atoms with Crippen molar-refractivity contribution in [3.8, 4) is 0 Å². The number of carbonyl (C=O) groups is 5. The van der Waals surface area contributed by atoms with Gasteiger partial charge in [0.15, 0.2) is 0 Å². The third kappa shape index (κ3) is 10.8. The number of imidazole rings is 1. The largest absolute Gasteiger partial charge is 0.383 e. The summed E-state index contributed by atoms with van der Waals surface area (Å²) in [4.78, 5) is 71.8. The Kier molecular flexibility index (Phi) is 13.2. The fraction of sp³-hybridized carbons (Fsp3) is 0.351. The van der Waals surface area contributed by atoms with E-state index in [1.54, 1.807) is 0 Å². The van der Waals surface area contributed by atoms with E-state index in [1.165, 1.54) is 12.5 Å². The Bertz CT molecular complexity index is 1720. The highest BCUT2D eigenvalue weighted by molar-refractivity contribution is 6.37. The molecule has 0 spiro atoms. The van der Waals surface area contributed by atoms with E-state index < -0.39 is 47.6 Å². The van der Waals surface area contributed by atoms with E-state index in [0.29, 0.717) is 18.7 Å². The molecule has 1 heterocycles. The first kappa shape index (κ1) is 36.5. The van der Waals surface area contributed by atoms with Crippen molar-refractivity contribution >= 4 is 40.2 Å². The fourth-order valence-electron chi connectivity index (χ4n) is 5.78. The molecular weight excluding hydrogens is 624 g/mol. The Morgan fingerprint density at radius 3 is 2.29 bits per heavy atom. The molecule has 0 saturated carbocycles.